The fourth-order valence-corrected chi connectivity index (χ4v) is 2.24. The molecule has 0 aliphatic rings. The lowest BCUT2D eigenvalue weighted by Crippen LogP contribution is -2.30. The molecule has 2 N–H and O–H groups in total. The summed E-state index contributed by atoms with van der Waals surface area (Å²) in [5, 5.41) is 1.04. The third-order valence-corrected chi connectivity index (χ3v) is 3.79. The molecule has 0 radical (unpaired) electrons. The summed E-state index contributed by atoms with van der Waals surface area (Å²) < 4.78 is 7.23. The van der Waals surface area contributed by atoms with Gasteiger partial charge < -0.3 is 15.0 Å². The van der Waals surface area contributed by atoms with Crippen LogP contribution in [-0.4, -0.2) is 17.3 Å². The van der Waals surface area contributed by atoms with Gasteiger partial charge in [0.05, 0.1) is 11.1 Å². The highest BCUT2D eigenvalue weighted by Crippen LogP contribution is 2.17. The molecular weight excluding hydrogens is 252 g/mol. The number of pyridine rings is 1. The van der Waals surface area contributed by atoms with E-state index in [2.05, 4.69) is 0 Å². The van der Waals surface area contributed by atoms with E-state index >= 15 is 0 Å². The van der Waals surface area contributed by atoms with Gasteiger partial charge in [-0.1, -0.05) is 18.2 Å². The topological polar surface area (TPSA) is 57.2 Å². The number of aromatic nitrogens is 1. The second-order valence-corrected chi connectivity index (χ2v) is 5.60. The molecule has 2 aromatic rings. The number of fused-ring (bicyclic) bond motifs is 1. The molecule has 0 bridgehead atoms. The van der Waals surface area contributed by atoms with E-state index in [1.54, 1.807) is 11.7 Å². The van der Waals surface area contributed by atoms with Crippen molar-refractivity contribution in [3.63, 3.8) is 0 Å². The Kier molecular flexibility index (Phi) is 4.26. The second kappa shape index (κ2) is 5.77. The Hall–Kier alpha value is -1.65. The van der Waals surface area contributed by atoms with Crippen molar-refractivity contribution < 1.29 is 4.74 Å². The Balaban J connectivity index is 2.50. The number of methoxy groups -OCH3 is 1. The first-order chi connectivity index (χ1) is 9.48. The number of hydrogen-bond donors (Lipinski definition) is 1. The first-order valence-corrected chi connectivity index (χ1v) is 6.85. The normalized spacial score (nSPS) is 12.0. The molecule has 0 saturated carbocycles. The molecule has 108 valence electrons. The number of hydrogen-bond acceptors (Lipinski definition) is 3. The minimum Gasteiger partial charge on any atom is -0.379 e. The number of nitrogens with two attached hydrogens (primary N) is 1. The molecule has 1 aromatic heterocycles. The predicted molar refractivity (Wildman–Crippen MR) is 81.8 cm³/mol. The largest absolute Gasteiger partial charge is 0.379 e. The van der Waals surface area contributed by atoms with Gasteiger partial charge in [0.25, 0.3) is 5.56 Å². The van der Waals surface area contributed by atoms with Gasteiger partial charge in [0.15, 0.2) is 0 Å². The molecule has 1 heterocycles. The van der Waals surface area contributed by atoms with Crippen LogP contribution in [0.1, 0.15) is 25.8 Å². The Morgan fingerprint density at radius 1 is 1.30 bits per heavy atom. The fraction of sp³-hybridized carbons (Fsp3) is 0.438. The van der Waals surface area contributed by atoms with Crippen LogP contribution < -0.4 is 11.3 Å². The van der Waals surface area contributed by atoms with E-state index < -0.39 is 0 Å². The smallest absolute Gasteiger partial charge is 0.255 e. The van der Waals surface area contributed by atoms with Crippen molar-refractivity contribution in [3.8, 4) is 0 Å². The third-order valence-electron chi connectivity index (χ3n) is 3.79. The Labute approximate surface area is 119 Å². The molecule has 0 aliphatic carbocycles. The molecule has 20 heavy (non-hydrogen) atoms. The van der Waals surface area contributed by atoms with Crippen LogP contribution >= 0.6 is 0 Å². The van der Waals surface area contributed by atoms with Crippen LogP contribution in [0.15, 0.2) is 35.1 Å². The first-order valence-electron chi connectivity index (χ1n) is 6.85. The first kappa shape index (κ1) is 14.8. The van der Waals surface area contributed by atoms with Crippen molar-refractivity contribution in [2.75, 3.05) is 7.11 Å². The summed E-state index contributed by atoms with van der Waals surface area (Å²) in [4.78, 5) is 12.5. The van der Waals surface area contributed by atoms with Crippen LogP contribution in [-0.2, 0) is 17.8 Å². The Morgan fingerprint density at radius 2 is 2.00 bits per heavy atom. The van der Waals surface area contributed by atoms with Crippen molar-refractivity contribution >= 4 is 10.9 Å². The standard InChI is InChI=1S/C16H22N2O2/c1-16(2,20-3)8-9-18-14-7-5-4-6-12(14)10-13(11-17)15(18)19/h4-7,10H,8-9,11,17H2,1-3H3. The number of ether oxygens (including phenoxy) is 1. The van der Waals surface area contributed by atoms with Crippen molar-refractivity contribution in [1.82, 2.24) is 4.57 Å². The molecule has 0 aliphatic heterocycles. The van der Waals surface area contributed by atoms with Gasteiger partial charge in [-0.2, -0.15) is 0 Å². The third kappa shape index (κ3) is 2.92. The van der Waals surface area contributed by atoms with E-state index in [0.29, 0.717) is 12.1 Å². The van der Waals surface area contributed by atoms with Crippen molar-refractivity contribution in [1.29, 1.82) is 0 Å². The number of nitrogens with zero attached hydrogens (tertiary/aromatic N) is 1. The van der Waals surface area contributed by atoms with E-state index in [1.807, 2.05) is 44.2 Å². The van der Waals surface area contributed by atoms with E-state index in [0.717, 1.165) is 17.3 Å². The SMILES string of the molecule is COC(C)(C)CCn1c(=O)c(CN)cc2ccccc21. The molecule has 4 nitrogen and oxygen atoms in total. The molecule has 2 rings (SSSR count). The zero-order valence-corrected chi connectivity index (χ0v) is 12.3. The van der Waals surface area contributed by atoms with Crippen LogP contribution in [0.3, 0.4) is 0 Å². The Bertz CT molecular complexity index is 659. The average Bonchev–Trinajstić information content (AvgIpc) is 2.45. The van der Waals surface area contributed by atoms with Crippen LogP contribution in [0.5, 0.6) is 0 Å². The molecule has 0 amide bonds. The lowest BCUT2D eigenvalue weighted by molar-refractivity contribution is 0.0121. The number of para-hydroxylation sites is 1. The van der Waals surface area contributed by atoms with Crippen molar-refractivity contribution in [2.45, 2.75) is 39.0 Å². The van der Waals surface area contributed by atoms with Crippen molar-refractivity contribution in [3.05, 3.63) is 46.2 Å². The molecular formula is C16H22N2O2. The lowest BCUT2D eigenvalue weighted by Gasteiger charge is -2.24. The molecule has 4 heteroatoms. The molecule has 1 aromatic carbocycles. The lowest BCUT2D eigenvalue weighted by atomic mass is 10.0. The van der Waals surface area contributed by atoms with Crippen LogP contribution in [0.2, 0.25) is 0 Å². The van der Waals surface area contributed by atoms with Crippen LogP contribution in [0, 0.1) is 0 Å². The minimum absolute atomic E-state index is 0.00176. The quantitative estimate of drug-likeness (QED) is 0.910. The summed E-state index contributed by atoms with van der Waals surface area (Å²) in [5.74, 6) is 0. The van der Waals surface area contributed by atoms with Gasteiger partial charge in [-0.05, 0) is 37.8 Å². The van der Waals surface area contributed by atoms with Crippen molar-refractivity contribution in [2.24, 2.45) is 5.73 Å². The number of aryl methyl sites for hydroxylation is 1. The van der Waals surface area contributed by atoms with Gasteiger partial charge in [-0.3, -0.25) is 4.79 Å². The maximum Gasteiger partial charge on any atom is 0.255 e. The van der Waals surface area contributed by atoms with E-state index in [1.165, 1.54) is 0 Å². The van der Waals surface area contributed by atoms with Crippen LogP contribution in [0.25, 0.3) is 10.9 Å². The summed E-state index contributed by atoms with van der Waals surface area (Å²) in [6.07, 6.45) is 0.765. The summed E-state index contributed by atoms with van der Waals surface area (Å²) in [5.41, 5.74) is 7.03. The molecule has 0 atom stereocenters. The van der Waals surface area contributed by atoms with Gasteiger partial charge in [0.2, 0.25) is 0 Å². The van der Waals surface area contributed by atoms with Crippen LogP contribution in [0.4, 0.5) is 0 Å². The average molecular weight is 274 g/mol. The van der Waals surface area contributed by atoms with Gasteiger partial charge in [-0.15, -0.1) is 0 Å². The molecule has 0 unspecified atom stereocenters. The highest BCUT2D eigenvalue weighted by atomic mass is 16.5. The van der Waals surface area contributed by atoms with E-state index in [9.17, 15) is 4.79 Å². The summed E-state index contributed by atoms with van der Waals surface area (Å²) in [6.45, 7) is 4.92. The summed E-state index contributed by atoms with van der Waals surface area (Å²) in [7, 11) is 1.69. The van der Waals surface area contributed by atoms with Gasteiger partial charge in [-0.25, -0.2) is 0 Å². The van der Waals surface area contributed by atoms with Gasteiger partial charge in [0.1, 0.15) is 0 Å². The molecule has 0 spiro atoms. The highest BCUT2D eigenvalue weighted by molar-refractivity contribution is 5.79. The molecule has 0 saturated heterocycles. The van der Waals surface area contributed by atoms with Gasteiger partial charge in [0, 0.05) is 25.8 Å². The molecule has 0 fully saturated rings. The summed E-state index contributed by atoms with van der Waals surface area (Å²) >= 11 is 0. The minimum atomic E-state index is -0.251. The Morgan fingerprint density at radius 3 is 2.65 bits per heavy atom. The summed E-state index contributed by atoms with van der Waals surface area (Å²) in [6, 6.07) is 9.77. The van der Waals surface area contributed by atoms with E-state index in [-0.39, 0.29) is 17.7 Å². The maximum absolute atomic E-state index is 12.5. The predicted octanol–water partition coefficient (Wildman–Crippen LogP) is 2.28. The highest BCUT2D eigenvalue weighted by Gasteiger charge is 2.17. The van der Waals surface area contributed by atoms with Gasteiger partial charge >= 0.3 is 0 Å². The zero-order chi connectivity index (χ0) is 14.8. The number of rotatable bonds is 5. The fourth-order valence-electron chi connectivity index (χ4n) is 2.24. The zero-order valence-electron chi connectivity index (χ0n) is 12.3. The number of benzene rings is 1. The maximum atomic E-state index is 12.5. The second-order valence-electron chi connectivity index (χ2n) is 5.60. The van der Waals surface area contributed by atoms with E-state index in [4.69, 9.17) is 10.5 Å². The monoisotopic (exact) mass is 274 g/mol.